The summed E-state index contributed by atoms with van der Waals surface area (Å²) in [6.45, 7) is 1.63. The Kier molecular flexibility index (Phi) is 3.82. The first kappa shape index (κ1) is 12.1. The van der Waals surface area contributed by atoms with E-state index in [1.54, 1.807) is 25.1 Å². The second-order valence-electron chi connectivity index (χ2n) is 3.25. The monoisotopic (exact) mass is 231 g/mol. The third-order valence-corrected chi connectivity index (χ3v) is 4.00. The molecule has 1 aromatic carbocycles. The first-order chi connectivity index (χ1) is 6.97. The van der Waals surface area contributed by atoms with Crippen molar-refractivity contribution in [2.75, 3.05) is 12.8 Å². The molecule has 0 amide bonds. The molecular formula is C10H14FNO2S. The number of benzene rings is 1. The normalized spacial score (nSPS) is 12.0. The maximum atomic E-state index is 13.2. The lowest BCUT2D eigenvalue weighted by Crippen LogP contribution is -2.28. The summed E-state index contributed by atoms with van der Waals surface area (Å²) in [4.78, 5) is 0. The molecule has 0 aliphatic carbocycles. The molecule has 1 aromatic rings. The van der Waals surface area contributed by atoms with Crippen LogP contribution in [0.4, 0.5) is 4.39 Å². The van der Waals surface area contributed by atoms with Crippen molar-refractivity contribution < 1.29 is 12.8 Å². The Balaban J connectivity index is 2.84. The molecule has 1 rings (SSSR count). The third kappa shape index (κ3) is 3.00. The van der Waals surface area contributed by atoms with Gasteiger partial charge in [0.1, 0.15) is 5.82 Å². The van der Waals surface area contributed by atoms with Crippen LogP contribution in [-0.4, -0.2) is 25.5 Å². The van der Waals surface area contributed by atoms with Crippen molar-refractivity contribution in [2.45, 2.75) is 13.5 Å². The Labute approximate surface area is 89.6 Å². The van der Waals surface area contributed by atoms with Crippen LogP contribution < -0.4 is 0 Å². The van der Waals surface area contributed by atoms with Gasteiger partial charge in [-0.05, 0) is 13.0 Å². The van der Waals surface area contributed by atoms with Crippen LogP contribution in [0.3, 0.4) is 0 Å². The van der Waals surface area contributed by atoms with Crippen LogP contribution in [0.15, 0.2) is 24.3 Å². The number of nitrogens with zero attached hydrogens (tertiary/aromatic N) is 1. The minimum atomic E-state index is -3.25. The second kappa shape index (κ2) is 4.72. The summed E-state index contributed by atoms with van der Waals surface area (Å²) in [5.74, 6) is -0.353. The van der Waals surface area contributed by atoms with Crippen molar-refractivity contribution in [3.05, 3.63) is 35.6 Å². The minimum Gasteiger partial charge on any atom is -0.212 e. The summed E-state index contributed by atoms with van der Waals surface area (Å²) in [7, 11) is -1.80. The van der Waals surface area contributed by atoms with Crippen molar-refractivity contribution in [1.82, 2.24) is 4.31 Å². The Morgan fingerprint density at radius 1 is 1.33 bits per heavy atom. The van der Waals surface area contributed by atoms with Gasteiger partial charge in [0.25, 0.3) is 0 Å². The fourth-order valence-corrected chi connectivity index (χ4v) is 1.96. The van der Waals surface area contributed by atoms with Gasteiger partial charge in [-0.2, -0.15) is 0 Å². The number of hydrogen-bond acceptors (Lipinski definition) is 2. The quantitative estimate of drug-likeness (QED) is 0.789. The van der Waals surface area contributed by atoms with Gasteiger partial charge in [0.05, 0.1) is 5.75 Å². The maximum absolute atomic E-state index is 13.2. The predicted octanol–water partition coefficient (Wildman–Crippen LogP) is 1.61. The van der Waals surface area contributed by atoms with Crippen LogP contribution in [0, 0.1) is 5.82 Å². The number of sulfonamides is 1. The molecule has 0 N–H and O–H groups in total. The van der Waals surface area contributed by atoms with Gasteiger partial charge >= 0.3 is 0 Å². The lowest BCUT2D eigenvalue weighted by molar-refractivity contribution is 0.457. The SMILES string of the molecule is CCS(=O)(=O)N(C)Cc1ccccc1F. The Morgan fingerprint density at radius 3 is 2.47 bits per heavy atom. The molecule has 0 aliphatic heterocycles. The molecule has 5 heteroatoms. The van der Waals surface area contributed by atoms with E-state index >= 15 is 0 Å². The Bertz CT molecular complexity index is 431. The van der Waals surface area contributed by atoms with Crippen molar-refractivity contribution in [3.63, 3.8) is 0 Å². The molecule has 0 bridgehead atoms. The molecule has 0 saturated carbocycles. The minimum absolute atomic E-state index is 0.0257. The fourth-order valence-electron chi connectivity index (χ4n) is 1.19. The standard InChI is InChI=1S/C10H14FNO2S/c1-3-15(13,14)12(2)8-9-6-4-5-7-10(9)11/h4-7H,3,8H2,1-2H3. The smallest absolute Gasteiger partial charge is 0.212 e. The highest BCUT2D eigenvalue weighted by Crippen LogP contribution is 2.11. The number of hydrogen-bond donors (Lipinski definition) is 0. The summed E-state index contributed by atoms with van der Waals surface area (Å²) in [5.41, 5.74) is 0.386. The molecule has 0 fully saturated rings. The topological polar surface area (TPSA) is 37.4 Å². The molecular weight excluding hydrogens is 217 g/mol. The Hall–Kier alpha value is -0.940. The van der Waals surface area contributed by atoms with Crippen molar-refractivity contribution in [2.24, 2.45) is 0 Å². The van der Waals surface area contributed by atoms with E-state index in [1.165, 1.54) is 13.1 Å². The van der Waals surface area contributed by atoms with Crippen molar-refractivity contribution >= 4 is 10.0 Å². The largest absolute Gasteiger partial charge is 0.213 e. The van der Waals surface area contributed by atoms with Gasteiger partial charge in [0.15, 0.2) is 0 Å². The maximum Gasteiger partial charge on any atom is 0.213 e. The molecule has 0 spiro atoms. The molecule has 0 heterocycles. The van der Waals surface area contributed by atoms with Gasteiger partial charge in [0, 0.05) is 19.2 Å². The summed E-state index contributed by atoms with van der Waals surface area (Å²) >= 11 is 0. The highest BCUT2D eigenvalue weighted by atomic mass is 32.2. The number of rotatable bonds is 4. The number of halogens is 1. The van der Waals surface area contributed by atoms with E-state index in [-0.39, 0.29) is 18.1 Å². The van der Waals surface area contributed by atoms with Gasteiger partial charge in [-0.1, -0.05) is 18.2 Å². The van der Waals surface area contributed by atoms with Gasteiger partial charge in [-0.3, -0.25) is 0 Å². The average Bonchev–Trinajstić information content (AvgIpc) is 2.21. The lowest BCUT2D eigenvalue weighted by atomic mass is 10.2. The van der Waals surface area contributed by atoms with E-state index < -0.39 is 10.0 Å². The van der Waals surface area contributed by atoms with Crippen LogP contribution in [0.2, 0.25) is 0 Å². The van der Waals surface area contributed by atoms with Gasteiger partial charge < -0.3 is 0 Å². The molecule has 0 aliphatic rings. The van der Waals surface area contributed by atoms with Gasteiger partial charge in [-0.15, -0.1) is 0 Å². The summed E-state index contributed by atoms with van der Waals surface area (Å²) in [6, 6.07) is 6.16. The molecule has 84 valence electrons. The predicted molar refractivity (Wildman–Crippen MR) is 57.3 cm³/mol. The fraction of sp³-hybridized carbons (Fsp3) is 0.400. The molecule has 0 unspecified atom stereocenters. The molecule has 0 saturated heterocycles. The third-order valence-electron chi connectivity index (χ3n) is 2.19. The molecule has 3 nitrogen and oxygen atoms in total. The van der Waals surface area contributed by atoms with Crippen molar-refractivity contribution in [1.29, 1.82) is 0 Å². The zero-order chi connectivity index (χ0) is 11.5. The van der Waals surface area contributed by atoms with E-state index in [2.05, 4.69) is 0 Å². The second-order valence-corrected chi connectivity index (χ2v) is 5.61. The molecule has 0 aromatic heterocycles. The summed E-state index contributed by atoms with van der Waals surface area (Å²) in [5, 5.41) is 0. The van der Waals surface area contributed by atoms with Crippen LogP contribution in [0.5, 0.6) is 0 Å². The van der Waals surface area contributed by atoms with E-state index in [0.717, 1.165) is 4.31 Å². The van der Waals surface area contributed by atoms with E-state index in [4.69, 9.17) is 0 Å². The van der Waals surface area contributed by atoms with Gasteiger partial charge in [-0.25, -0.2) is 17.1 Å². The molecule has 15 heavy (non-hydrogen) atoms. The molecule has 0 radical (unpaired) electrons. The van der Waals surface area contributed by atoms with E-state index in [0.29, 0.717) is 5.56 Å². The zero-order valence-electron chi connectivity index (χ0n) is 8.77. The summed E-state index contributed by atoms with van der Waals surface area (Å²) in [6.07, 6.45) is 0. The van der Waals surface area contributed by atoms with Crippen LogP contribution in [0.1, 0.15) is 12.5 Å². The molecule has 0 atom stereocenters. The average molecular weight is 231 g/mol. The van der Waals surface area contributed by atoms with Gasteiger partial charge in [0.2, 0.25) is 10.0 Å². The van der Waals surface area contributed by atoms with Crippen LogP contribution in [0.25, 0.3) is 0 Å². The van der Waals surface area contributed by atoms with E-state index in [1.807, 2.05) is 0 Å². The van der Waals surface area contributed by atoms with Crippen molar-refractivity contribution in [3.8, 4) is 0 Å². The zero-order valence-corrected chi connectivity index (χ0v) is 9.59. The van der Waals surface area contributed by atoms with Crippen LogP contribution >= 0.6 is 0 Å². The van der Waals surface area contributed by atoms with E-state index in [9.17, 15) is 12.8 Å². The highest BCUT2D eigenvalue weighted by molar-refractivity contribution is 7.89. The van der Waals surface area contributed by atoms with Crippen LogP contribution in [-0.2, 0) is 16.6 Å². The highest BCUT2D eigenvalue weighted by Gasteiger charge is 2.16. The summed E-state index contributed by atoms with van der Waals surface area (Å²) < 4.78 is 37.2. The first-order valence-corrected chi connectivity index (χ1v) is 6.25. The lowest BCUT2D eigenvalue weighted by Gasteiger charge is -2.16. The first-order valence-electron chi connectivity index (χ1n) is 4.65. The Morgan fingerprint density at radius 2 is 1.93 bits per heavy atom.